The van der Waals surface area contributed by atoms with E-state index < -0.39 is 9.84 Å². The Kier molecular flexibility index (Phi) is 9.42. The summed E-state index contributed by atoms with van der Waals surface area (Å²) in [6.07, 6.45) is 1.54. The van der Waals surface area contributed by atoms with Crippen molar-refractivity contribution >= 4 is 39.8 Å². The molecule has 0 radical (unpaired) electrons. The van der Waals surface area contributed by atoms with Crippen molar-refractivity contribution in [1.82, 2.24) is 10.2 Å². The largest absolute Gasteiger partial charge is 0.357 e. The van der Waals surface area contributed by atoms with Crippen LogP contribution in [-0.2, 0) is 28.6 Å². The maximum atomic E-state index is 12.3. The molecule has 158 valence electrons. The number of benzene rings is 2. The predicted octanol–water partition coefficient (Wildman–Crippen LogP) is 3.63. The topological polar surface area (TPSA) is 61.8 Å². The second-order valence-electron chi connectivity index (χ2n) is 7.11. The van der Waals surface area contributed by atoms with E-state index in [1.807, 2.05) is 30.3 Å². The van der Waals surface area contributed by atoms with Gasteiger partial charge >= 0.3 is 0 Å². The van der Waals surface area contributed by atoms with E-state index in [1.54, 1.807) is 0 Å². The first-order valence-corrected chi connectivity index (χ1v) is 11.7. The van der Waals surface area contributed by atoms with Gasteiger partial charge in [0, 0.05) is 26.2 Å². The van der Waals surface area contributed by atoms with E-state index in [9.17, 15) is 8.42 Å². The van der Waals surface area contributed by atoms with Gasteiger partial charge in [0.1, 0.15) is 0 Å². The number of sulfone groups is 1. The molecule has 0 unspecified atom stereocenters. The van der Waals surface area contributed by atoms with Crippen LogP contribution in [-0.4, -0.2) is 44.7 Å². The van der Waals surface area contributed by atoms with Crippen molar-refractivity contribution < 1.29 is 8.42 Å². The zero-order valence-electron chi connectivity index (χ0n) is 16.9. The molecule has 5 nitrogen and oxygen atoms in total. The van der Waals surface area contributed by atoms with Crippen LogP contribution in [0, 0.1) is 0 Å². The summed E-state index contributed by atoms with van der Waals surface area (Å²) in [5, 5.41) is 3.35. The molecule has 0 spiro atoms. The van der Waals surface area contributed by atoms with Gasteiger partial charge in [0.15, 0.2) is 15.8 Å². The van der Waals surface area contributed by atoms with Crippen LogP contribution < -0.4 is 5.32 Å². The third kappa shape index (κ3) is 7.29. The maximum Gasteiger partial charge on any atom is 0.194 e. The Bertz CT molecular complexity index is 901. The van der Waals surface area contributed by atoms with E-state index in [4.69, 9.17) is 0 Å². The van der Waals surface area contributed by atoms with Gasteiger partial charge in [0.2, 0.25) is 0 Å². The second-order valence-corrected chi connectivity index (χ2v) is 9.29. The minimum atomic E-state index is -3.11. The van der Waals surface area contributed by atoms with E-state index in [0.29, 0.717) is 13.0 Å². The molecular weight excluding hydrogens is 497 g/mol. The van der Waals surface area contributed by atoms with Gasteiger partial charge < -0.3 is 10.2 Å². The van der Waals surface area contributed by atoms with Crippen LogP contribution >= 0.6 is 24.0 Å². The van der Waals surface area contributed by atoms with Crippen molar-refractivity contribution in [2.75, 3.05) is 25.4 Å². The van der Waals surface area contributed by atoms with Gasteiger partial charge in [-0.15, -0.1) is 24.0 Å². The Morgan fingerprint density at radius 1 is 1.07 bits per heavy atom. The van der Waals surface area contributed by atoms with Gasteiger partial charge in [-0.3, -0.25) is 4.99 Å². The highest BCUT2D eigenvalue weighted by Crippen LogP contribution is 2.18. The Labute approximate surface area is 191 Å². The van der Waals surface area contributed by atoms with E-state index in [0.717, 1.165) is 37.6 Å². The zero-order chi connectivity index (χ0) is 19.8. The third-order valence-electron chi connectivity index (χ3n) is 4.87. The van der Waals surface area contributed by atoms with Crippen molar-refractivity contribution in [3.8, 4) is 0 Å². The predicted molar refractivity (Wildman–Crippen MR) is 130 cm³/mol. The van der Waals surface area contributed by atoms with Crippen LogP contribution in [0.1, 0.15) is 30.0 Å². The SMILES string of the molecule is CCNC(=NCCCS(=O)(=O)Cc1ccccc1)N1CCc2ccccc2C1.I. The molecule has 3 rings (SSSR count). The minimum absolute atomic E-state index is 0. The summed E-state index contributed by atoms with van der Waals surface area (Å²) < 4.78 is 24.7. The molecule has 0 aromatic heterocycles. The third-order valence-corrected chi connectivity index (χ3v) is 6.55. The fraction of sp³-hybridized carbons (Fsp3) is 0.409. The smallest absolute Gasteiger partial charge is 0.194 e. The second kappa shape index (κ2) is 11.5. The standard InChI is InChI=1S/C22H29N3O2S.HI/c1-2-23-22(25-15-13-20-11-6-7-12-21(20)17-25)24-14-8-16-28(26,27)18-19-9-4-3-5-10-19;/h3-7,9-12H,2,8,13-18H2,1H3,(H,23,24);1H. The van der Waals surface area contributed by atoms with E-state index >= 15 is 0 Å². The Morgan fingerprint density at radius 2 is 1.76 bits per heavy atom. The molecule has 29 heavy (non-hydrogen) atoms. The quantitative estimate of drug-likeness (QED) is 0.259. The van der Waals surface area contributed by atoms with Crippen LogP contribution in [0.4, 0.5) is 0 Å². The number of nitrogens with zero attached hydrogens (tertiary/aromatic N) is 2. The average molecular weight is 527 g/mol. The van der Waals surface area contributed by atoms with Gasteiger partial charge in [0.05, 0.1) is 11.5 Å². The van der Waals surface area contributed by atoms with Gasteiger partial charge in [0.25, 0.3) is 0 Å². The number of hydrogen-bond donors (Lipinski definition) is 1. The molecule has 0 fully saturated rings. The summed E-state index contributed by atoms with van der Waals surface area (Å²) in [7, 11) is -3.11. The number of rotatable bonds is 7. The summed E-state index contributed by atoms with van der Waals surface area (Å²) in [6, 6.07) is 17.9. The first kappa shape index (κ1) is 23.7. The molecule has 7 heteroatoms. The van der Waals surface area contributed by atoms with Gasteiger partial charge in [-0.25, -0.2) is 8.42 Å². The molecule has 0 bridgehead atoms. The van der Waals surface area contributed by atoms with E-state index in [-0.39, 0.29) is 35.5 Å². The number of guanidine groups is 1. The van der Waals surface area contributed by atoms with E-state index in [1.165, 1.54) is 11.1 Å². The molecule has 0 aliphatic carbocycles. The summed E-state index contributed by atoms with van der Waals surface area (Å²) in [6.45, 7) is 5.12. The first-order chi connectivity index (χ1) is 13.6. The van der Waals surface area contributed by atoms with Crippen molar-refractivity contribution in [1.29, 1.82) is 0 Å². The molecule has 0 atom stereocenters. The monoisotopic (exact) mass is 527 g/mol. The van der Waals surface area contributed by atoms with Gasteiger partial charge in [-0.05, 0) is 36.5 Å². The number of fused-ring (bicyclic) bond motifs is 1. The van der Waals surface area contributed by atoms with Gasteiger partial charge in [-0.2, -0.15) is 0 Å². The minimum Gasteiger partial charge on any atom is -0.357 e. The molecule has 1 N–H and O–H groups in total. The zero-order valence-corrected chi connectivity index (χ0v) is 20.0. The highest BCUT2D eigenvalue weighted by Gasteiger charge is 2.18. The Morgan fingerprint density at radius 3 is 2.48 bits per heavy atom. The van der Waals surface area contributed by atoms with Crippen LogP contribution in [0.2, 0.25) is 0 Å². The lowest BCUT2D eigenvalue weighted by Crippen LogP contribution is -2.44. The van der Waals surface area contributed by atoms with Crippen LogP contribution in [0.25, 0.3) is 0 Å². The Hall–Kier alpha value is -1.61. The number of aliphatic imine (C=N–C) groups is 1. The van der Waals surface area contributed by atoms with Crippen LogP contribution in [0.5, 0.6) is 0 Å². The number of hydrogen-bond acceptors (Lipinski definition) is 3. The van der Waals surface area contributed by atoms with Crippen molar-refractivity contribution in [2.24, 2.45) is 4.99 Å². The fourth-order valence-corrected chi connectivity index (χ4v) is 4.89. The lowest BCUT2D eigenvalue weighted by atomic mass is 10.0. The van der Waals surface area contributed by atoms with Crippen LogP contribution in [0.3, 0.4) is 0 Å². The normalized spacial score (nSPS) is 14.1. The summed E-state index contributed by atoms with van der Waals surface area (Å²) in [5.41, 5.74) is 3.58. The molecule has 2 aromatic rings. The first-order valence-electron chi connectivity index (χ1n) is 9.92. The lowest BCUT2D eigenvalue weighted by molar-refractivity contribution is 0.378. The summed E-state index contributed by atoms with van der Waals surface area (Å²) in [4.78, 5) is 6.94. The highest BCUT2D eigenvalue weighted by molar-refractivity contribution is 14.0. The van der Waals surface area contributed by atoms with Crippen LogP contribution in [0.15, 0.2) is 59.6 Å². The average Bonchev–Trinajstić information content (AvgIpc) is 2.70. The number of halogens is 1. The summed E-state index contributed by atoms with van der Waals surface area (Å²) >= 11 is 0. The molecule has 1 aliphatic rings. The molecule has 0 saturated heterocycles. The van der Waals surface area contributed by atoms with Gasteiger partial charge in [-0.1, -0.05) is 54.6 Å². The maximum absolute atomic E-state index is 12.3. The number of nitrogens with one attached hydrogen (secondary N) is 1. The molecule has 0 saturated carbocycles. The molecule has 2 aromatic carbocycles. The fourth-order valence-electron chi connectivity index (χ4n) is 3.47. The van der Waals surface area contributed by atoms with Crippen molar-refractivity contribution in [3.05, 3.63) is 71.3 Å². The van der Waals surface area contributed by atoms with E-state index in [2.05, 4.69) is 46.4 Å². The molecule has 1 heterocycles. The summed E-state index contributed by atoms with van der Waals surface area (Å²) in [5.74, 6) is 1.13. The van der Waals surface area contributed by atoms with Crippen molar-refractivity contribution in [2.45, 2.75) is 32.1 Å². The lowest BCUT2D eigenvalue weighted by Gasteiger charge is -2.31. The molecule has 1 aliphatic heterocycles. The molecule has 0 amide bonds. The Balaban J connectivity index is 0.00000300. The molecular formula is C22H30IN3O2S. The highest BCUT2D eigenvalue weighted by atomic mass is 127. The van der Waals surface area contributed by atoms with Crippen molar-refractivity contribution in [3.63, 3.8) is 0 Å².